The summed E-state index contributed by atoms with van der Waals surface area (Å²) in [5.74, 6) is -0.475. The number of hydrogen-bond donors (Lipinski definition) is 0. The minimum Gasteiger partial charge on any atom is -0.465 e. The van der Waals surface area contributed by atoms with E-state index in [1.807, 2.05) is 6.07 Å². The molecule has 0 fully saturated rings. The smallest absolute Gasteiger partial charge is 0.350 e. The number of nitrogens with zero attached hydrogens (tertiary/aromatic N) is 3. The van der Waals surface area contributed by atoms with Crippen LogP contribution < -0.4 is 0 Å². The molecule has 0 bridgehead atoms. The van der Waals surface area contributed by atoms with Crippen LogP contribution in [-0.4, -0.2) is 38.4 Å². The summed E-state index contributed by atoms with van der Waals surface area (Å²) < 4.78 is 4.62. The largest absolute Gasteiger partial charge is 0.465 e. The van der Waals surface area contributed by atoms with Gasteiger partial charge in [-0.2, -0.15) is 5.26 Å². The van der Waals surface area contributed by atoms with Crippen molar-refractivity contribution in [1.29, 1.82) is 5.26 Å². The summed E-state index contributed by atoms with van der Waals surface area (Å²) >= 11 is 1.16. The molecular formula is C10H11N3O2S. The van der Waals surface area contributed by atoms with Crippen molar-refractivity contribution >= 4 is 29.3 Å². The van der Waals surface area contributed by atoms with E-state index in [-0.39, 0.29) is 0 Å². The van der Waals surface area contributed by atoms with Gasteiger partial charge in [-0.25, -0.2) is 9.79 Å². The number of aliphatic imine (C=N–C) groups is 1. The van der Waals surface area contributed by atoms with Crippen molar-refractivity contribution in [3.05, 3.63) is 15.8 Å². The second kappa shape index (κ2) is 5.28. The van der Waals surface area contributed by atoms with Crippen molar-refractivity contribution in [1.82, 2.24) is 4.90 Å². The lowest BCUT2D eigenvalue weighted by atomic mass is 10.3. The first kappa shape index (κ1) is 12.2. The number of hydrogen-bond acceptors (Lipinski definition) is 5. The van der Waals surface area contributed by atoms with E-state index in [1.54, 1.807) is 24.4 Å². The van der Waals surface area contributed by atoms with Gasteiger partial charge in [-0.15, -0.1) is 11.3 Å². The Morgan fingerprint density at radius 1 is 1.69 bits per heavy atom. The molecular weight excluding hydrogens is 226 g/mol. The van der Waals surface area contributed by atoms with Crippen LogP contribution in [0, 0.1) is 11.3 Å². The van der Waals surface area contributed by atoms with Crippen molar-refractivity contribution in [3.63, 3.8) is 0 Å². The predicted molar refractivity (Wildman–Crippen MR) is 62.2 cm³/mol. The van der Waals surface area contributed by atoms with E-state index in [4.69, 9.17) is 5.26 Å². The summed E-state index contributed by atoms with van der Waals surface area (Å²) in [6.07, 6.45) is 1.54. The van der Waals surface area contributed by atoms with Crippen LogP contribution in [0.5, 0.6) is 0 Å². The van der Waals surface area contributed by atoms with Crippen LogP contribution in [0.3, 0.4) is 0 Å². The maximum Gasteiger partial charge on any atom is 0.350 e. The zero-order chi connectivity index (χ0) is 12.1. The summed E-state index contributed by atoms with van der Waals surface area (Å²) in [6, 6.07) is 1.99. The Hall–Kier alpha value is -1.87. The Morgan fingerprint density at radius 3 is 2.88 bits per heavy atom. The molecule has 0 saturated heterocycles. The second-order valence-electron chi connectivity index (χ2n) is 3.14. The minimum atomic E-state index is -0.475. The number of carbonyl (C=O) groups is 1. The number of rotatable bonds is 3. The van der Waals surface area contributed by atoms with Crippen molar-refractivity contribution < 1.29 is 9.53 Å². The molecule has 0 aliphatic rings. The van der Waals surface area contributed by atoms with Crippen molar-refractivity contribution in [3.8, 4) is 6.07 Å². The topological polar surface area (TPSA) is 65.7 Å². The average Bonchev–Trinajstić information content (AvgIpc) is 2.67. The van der Waals surface area contributed by atoms with Gasteiger partial charge in [-0.3, -0.25) is 0 Å². The highest BCUT2D eigenvalue weighted by atomic mass is 32.1. The van der Waals surface area contributed by atoms with Crippen LogP contribution in [0.4, 0.5) is 5.69 Å². The van der Waals surface area contributed by atoms with E-state index < -0.39 is 5.97 Å². The molecule has 0 saturated carbocycles. The molecule has 0 radical (unpaired) electrons. The third-order valence-electron chi connectivity index (χ3n) is 1.67. The number of ether oxygens (including phenoxy) is 1. The van der Waals surface area contributed by atoms with Gasteiger partial charge in [0.15, 0.2) is 0 Å². The van der Waals surface area contributed by atoms with E-state index in [1.165, 1.54) is 13.4 Å². The number of nitriles is 1. The fourth-order valence-corrected chi connectivity index (χ4v) is 1.82. The highest BCUT2D eigenvalue weighted by molar-refractivity contribution is 7.12. The van der Waals surface area contributed by atoms with Crippen LogP contribution >= 0.6 is 11.3 Å². The zero-order valence-corrected chi connectivity index (χ0v) is 10.0. The molecule has 0 atom stereocenters. The summed E-state index contributed by atoms with van der Waals surface area (Å²) in [4.78, 5) is 17.6. The fraction of sp³-hybridized carbons (Fsp3) is 0.300. The van der Waals surface area contributed by atoms with Crippen LogP contribution in [0.2, 0.25) is 0 Å². The normalized spacial score (nSPS) is 10.1. The van der Waals surface area contributed by atoms with E-state index in [2.05, 4.69) is 9.73 Å². The van der Waals surface area contributed by atoms with Gasteiger partial charge in [0.1, 0.15) is 16.6 Å². The molecule has 1 rings (SSSR count). The van der Waals surface area contributed by atoms with Gasteiger partial charge in [-0.1, -0.05) is 0 Å². The van der Waals surface area contributed by atoms with Crippen LogP contribution in [-0.2, 0) is 4.74 Å². The molecule has 0 N–H and O–H groups in total. The first-order valence-corrected chi connectivity index (χ1v) is 5.28. The van der Waals surface area contributed by atoms with E-state index in [9.17, 15) is 4.79 Å². The van der Waals surface area contributed by atoms with Crippen LogP contribution in [0.25, 0.3) is 0 Å². The molecule has 1 aromatic heterocycles. The third-order valence-corrected chi connectivity index (χ3v) is 2.62. The Bertz CT molecular complexity index is 457. The van der Waals surface area contributed by atoms with Gasteiger partial charge in [0.05, 0.1) is 19.0 Å². The molecule has 0 aliphatic heterocycles. The third kappa shape index (κ3) is 2.58. The van der Waals surface area contributed by atoms with Gasteiger partial charge in [0.25, 0.3) is 0 Å². The van der Waals surface area contributed by atoms with Crippen molar-refractivity contribution in [2.45, 2.75) is 0 Å². The maximum atomic E-state index is 11.4. The molecule has 6 heteroatoms. The lowest BCUT2D eigenvalue weighted by Gasteiger charge is -2.02. The fourth-order valence-electron chi connectivity index (χ4n) is 0.970. The second-order valence-corrected chi connectivity index (χ2v) is 4.02. The highest BCUT2D eigenvalue weighted by Gasteiger charge is 2.17. The maximum absolute atomic E-state index is 11.4. The predicted octanol–water partition coefficient (Wildman–Crippen LogP) is 1.63. The Kier molecular flexibility index (Phi) is 4.03. The molecule has 0 aromatic carbocycles. The Labute approximate surface area is 97.6 Å². The molecule has 0 spiro atoms. The number of thiophene rings is 1. The lowest BCUT2D eigenvalue weighted by Crippen LogP contribution is -2.07. The first-order chi connectivity index (χ1) is 7.60. The Balaban J connectivity index is 3.17. The van der Waals surface area contributed by atoms with Crippen molar-refractivity contribution in [2.75, 3.05) is 21.2 Å². The number of methoxy groups -OCH3 is 1. The zero-order valence-electron chi connectivity index (χ0n) is 9.22. The van der Waals surface area contributed by atoms with Crippen molar-refractivity contribution in [2.24, 2.45) is 4.99 Å². The molecule has 84 valence electrons. The summed E-state index contributed by atoms with van der Waals surface area (Å²) in [7, 11) is 4.91. The molecule has 16 heavy (non-hydrogen) atoms. The summed E-state index contributed by atoms with van der Waals surface area (Å²) in [5.41, 5.74) is 0.747. The van der Waals surface area contributed by atoms with Crippen LogP contribution in [0.15, 0.2) is 10.4 Å². The van der Waals surface area contributed by atoms with Gasteiger partial charge < -0.3 is 9.64 Å². The SMILES string of the molecule is COC(=O)c1scc(C#N)c1N=CN(C)C. The molecule has 0 unspecified atom stereocenters. The van der Waals surface area contributed by atoms with E-state index in [0.29, 0.717) is 16.1 Å². The van der Waals surface area contributed by atoms with Crippen LogP contribution in [0.1, 0.15) is 15.2 Å². The highest BCUT2D eigenvalue weighted by Crippen LogP contribution is 2.30. The van der Waals surface area contributed by atoms with E-state index in [0.717, 1.165) is 11.3 Å². The number of carbonyl (C=O) groups excluding carboxylic acids is 1. The Morgan fingerprint density at radius 2 is 2.38 bits per heavy atom. The standard InChI is InChI=1S/C10H11N3O2S/c1-13(2)6-12-8-7(4-11)5-16-9(8)10(14)15-3/h5-6H,1-3H3. The molecule has 1 aromatic rings. The lowest BCUT2D eigenvalue weighted by molar-refractivity contribution is 0.0607. The average molecular weight is 237 g/mol. The van der Waals surface area contributed by atoms with E-state index >= 15 is 0 Å². The summed E-state index contributed by atoms with van der Waals surface area (Å²) in [6.45, 7) is 0. The molecule has 1 heterocycles. The van der Waals surface area contributed by atoms with Gasteiger partial charge >= 0.3 is 5.97 Å². The monoisotopic (exact) mass is 237 g/mol. The first-order valence-electron chi connectivity index (χ1n) is 4.40. The minimum absolute atomic E-state index is 0.345. The quantitative estimate of drug-likeness (QED) is 0.455. The molecule has 0 aliphatic carbocycles. The molecule has 5 nitrogen and oxygen atoms in total. The molecule has 0 amide bonds. The van der Waals surface area contributed by atoms with Gasteiger partial charge in [-0.05, 0) is 0 Å². The van der Waals surface area contributed by atoms with Gasteiger partial charge in [0.2, 0.25) is 0 Å². The number of esters is 1. The van der Waals surface area contributed by atoms with Gasteiger partial charge in [0, 0.05) is 19.5 Å². The summed E-state index contributed by atoms with van der Waals surface area (Å²) in [5, 5.41) is 10.5.